The summed E-state index contributed by atoms with van der Waals surface area (Å²) in [5, 5.41) is 8.29. The van der Waals surface area contributed by atoms with Gasteiger partial charge in [-0.2, -0.15) is 0 Å². The number of nitrogens with one attached hydrogen (secondary N) is 1. The molecule has 1 heterocycles. The fourth-order valence-corrected chi connectivity index (χ4v) is 1.05. The second kappa shape index (κ2) is 4.21. The minimum atomic E-state index is -1.11. The quantitative estimate of drug-likeness (QED) is 0.756. The molecule has 0 fully saturated rings. The van der Waals surface area contributed by atoms with Crippen LogP contribution in [-0.4, -0.2) is 27.7 Å². The third-order valence-electron chi connectivity index (χ3n) is 1.10. The summed E-state index contributed by atoms with van der Waals surface area (Å²) in [6.07, 6.45) is 1.15. The summed E-state index contributed by atoms with van der Waals surface area (Å²) < 4.78 is 4.98. The van der Waals surface area contributed by atoms with Crippen LogP contribution in [0.3, 0.4) is 0 Å². The first-order valence-corrected chi connectivity index (χ1v) is 4.27. The van der Waals surface area contributed by atoms with Gasteiger partial charge in [-0.3, -0.25) is 4.79 Å². The van der Waals surface area contributed by atoms with E-state index in [1.165, 1.54) is 0 Å². The Morgan fingerprint density at radius 2 is 2.46 bits per heavy atom. The van der Waals surface area contributed by atoms with Crippen LogP contribution in [0.25, 0.3) is 0 Å². The zero-order valence-corrected chi connectivity index (χ0v) is 8.44. The van der Waals surface area contributed by atoms with Gasteiger partial charge in [-0.25, -0.2) is 9.78 Å². The number of aliphatic carboxylic acids is 1. The lowest BCUT2D eigenvalue weighted by Crippen LogP contribution is -2.16. The predicted molar refractivity (Wildman–Crippen MR) is 50.7 cm³/mol. The average molecular weight is 296 g/mol. The topological polar surface area (TPSA) is 92.3 Å². The fourth-order valence-electron chi connectivity index (χ4n) is 0.597. The molecule has 0 radical (unpaired) electrons. The van der Waals surface area contributed by atoms with Gasteiger partial charge in [-0.05, 0) is 22.6 Å². The van der Waals surface area contributed by atoms with Crippen molar-refractivity contribution >= 4 is 28.6 Å². The van der Waals surface area contributed by atoms with Crippen LogP contribution in [-0.2, 0) is 4.79 Å². The molecule has 0 saturated heterocycles. The van der Waals surface area contributed by atoms with Crippen molar-refractivity contribution in [2.45, 2.75) is 0 Å². The molecule has 0 aromatic carbocycles. The molecule has 0 aliphatic rings. The molecule has 0 spiro atoms. The normalized spacial score (nSPS) is 9.62. The van der Waals surface area contributed by atoms with Crippen molar-refractivity contribution in [2.75, 3.05) is 6.61 Å². The minimum absolute atomic E-state index is 0.0340. The molecule has 0 unspecified atom stereocenters. The lowest BCUT2D eigenvalue weighted by Gasteiger charge is -2.01. The maximum Gasteiger partial charge on any atom is 0.341 e. The molecule has 1 aromatic heterocycles. The largest absolute Gasteiger partial charge is 0.479 e. The van der Waals surface area contributed by atoms with E-state index in [4.69, 9.17) is 9.84 Å². The Morgan fingerprint density at radius 3 is 3.08 bits per heavy atom. The van der Waals surface area contributed by atoms with Crippen LogP contribution in [0.5, 0.6) is 5.88 Å². The summed E-state index contributed by atoms with van der Waals surface area (Å²) in [5.74, 6) is -1.08. The molecule has 6 nitrogen and oxygen atoms in total. The molecule has 0 aliphatic carbocycles. The van der Waals surface area contributed by atoms with E-state index in [-0.39, 0.29) is 15.0 Å². The molecule has 1 aromatic rings. The van der Waals surface area contributed by atoms with Crippen molar-refractivity contribution < 1.29 is 14.6 Å². The smallest absolute Gasteiger partial charge is 0.341 e. The van der Waals surface area contributed by atoms with Crippen LogP contribution in [0.15, 0.2) is 11.1 Å². The first kappa shape index (κ1) is 9.96. The van der Waals surface area contributed by atoms with Gasteiger partial charge in [-0.15, -0.1) is 0 Å². The second-order valence-corrected chi connectivity index (χ2v) is 3.11. The van der Waals surface area contributed by atoms with E-state index in [0.29, 0.717) is 0 Å². The highest BCUT2D eigenvalue weighted by atomic mass is 127. The number of nitrogens with zero attached hydrogens (tertiary/aromatic N) is 1. The van der Waals surface area contributed by atoms with Gasteiger partial charge in [-0.1, -0.05) is 0 Å². The first-order valence-electron chi connectivity index (χ1n) is 3.19. The van der Waals surface area contributed by atoms with Gasteiger partial charge < -0.3 is 14.8 Å². The number of aromatic amines is 1. The van der Waals surface area contributed by atoms with Crippen molar-refractivity contribution in [2.24, 2.45) is 0 Å². The molecule has 1 rings (SSSR count). The number of carboxylic acid groups (broad SMARTS) is 1. The maximum absolute atomic E-state index is 11.0. The van der Waals surface area contributed by atoms with Gasteiger partial charge in [0.15, 0.2) is 6.61 Å². The Kier molecular flexibility index (Phi) is 3.23. The van der Waals surface area contributed by atoms with E-state index < -0.39 is 12.6 Å². The minimum Gasteiger partial charge on any atom is -0.479 e. The molecule has 0 bridgehead atoms. The first-order chi connectivity index (χ1) is 6.11. The molecular weight excluding hydrogens is 291 g/mol. The molecule has 0 aliphatic heterocycles. The summed E-state index contributed by atoms with van der Waals surface area (Å²) in [5.41, 5.74) is -0.351. The third-order valence-corrected chi connectivity index (χ3v) is 2.05. The lowest BCUT2D eigenvalue weighted by molar-refractivity contribution is -0.139. The van der Waals surface area contributed by atoms with Gasteiger partial charge in [0, 0.05) is 0 Å². The van der Waals surface area contributed by atoms with E-state index in [9.17, 15) is 9.59 Å². The number of carbonyl (C=O) groups is 1. The van der Waals surface area contributed by atoms with Gasteiger partial charge in [0.2, 0.25) is 5.88 Å². The Balaban J connectivity index is 2.83. The van der Waals surface area contributed by atoms with Crippen LogP contribution in [0, 0.1) is 3.57 Å². The van der Waals surface area contributed by atoms with Gasteiger partial charge in [0.1, 0.15) is 3.57 Å². The van der Waals surface area contributed by atoms with Crippen LogP contribution in [0.1, 0.15) is 0 Å². The maximum atomic E-state index is 11.0. The lowest BCUT2D eigenvalue weighted by atomic mass is 10.6. The number of halogens is 1. The third kappa shape index (κ3) is 2.68. The number of aromatic nitrogens is 2. The van der Waals surface area contributed by atoms with Crippen molar-refractivity contribution in [3.63, 3.8) is 0 Å². The zero-order valence-electron chi connectivity index (χ0n) is 6.28. The molecule has 0 amide bonds. The SMILES string of the molecule is O=C(O)COc1nc[nH]c(=O)c1I. The average Bonchev–Trinajstić information content (AvgIpc) is 2.07. The second-order valence-electron chi connectivity index (χ2n) is 2.03. The van der Waals surface area contributed by atoms with Gasteiger partial charge >= 0.3 is 5.97 Å². The number of hydrogen-bond donors (Lipinski definition) is 2. The van der Waals surface area contributed by atoms with Gasteiger partial charge in [0.25, 0.3) is 5.56 Å². The number of rotatable bonds is 3. The molecule has 0 atom stereocenters. The summed E-state index contributed by atoms with van der Waals surface area (Å²) in [6.45, 7) is -0.507. The fraction of sp³-hybridized carbons (Fsp3) is 0.167. The Morgan fingerprint density at radius 1 is 1.77 bits per heavy atom. The van der Waals surface area contributed by atoms with E-state index >= 15 is 0 Å². The summed E-state index contributed by atoms with van der Waals surface area (Å²) >= 11 is 1.73. The van der Waals surface area contributed by atoms with Crippen molar-refractivity contribution in [3.8, 4) is 5.88 Å². The highest BCUT2D eigenvalue weighted by Crippen LogP contribution is 2.10. The highest BCUT2D eigenvalue weighted by Gasteiger charge is 2.07. The van der Waals surface area contributed by atoms with Crippen LogP contribution in [0.4, 0.5) is 0 Å². The highest BCUT2D eigenvalue weighted by molar-refractivity contribution is 14.1. The number of ether oxygens (including phenoxy) is 1. The molecular formula is C6H5IN2O4. The monoisotopic (exact) mass is 296 g/mol. The predicted octanol–water partition coefficient (Wildman–Crippen LogP) is -0.162. The Bertz CT molecular complexity index is 375. The van der Waals surface area contributed by atoms with Gasteiger partial charge in [0.05, 0.1) is 6.33 Å². The zero-order chi connectivity index (χ0) is 9.84. The van der Waals surface area contributed by atoms with E-state index in [1.807, 2.05) is 0 Å². The van der Waals surface area contributed by atoms with E-state index in [1.54, 1.807) is 22.6 Å². The number of carboxylic acids is 1. The molecule has 7 heteroatoms. The molecule has 13 heavy (non-hydrogen) atoms. The molecule has 2 N–H and O–H groups in total. The summed E-state index contributed by atoms with van der Waals surface area (Å²) in [4.78, 5) is 27.1. The Labute approximate surface area is 86.1 Å². The van der Waals surface area contributed by atoms with Crippen LogP contribution >= 0.6 is 22.6 Å². The number of hydrogen-bond acceptors (Lipinski definition) is 4. The molecule has 70 valence electrons. The molecule has 0 saturated carbocycles. The van der Waals surface area contributed by atoms with Crippen LogP contribution < -0.4 is 10.3 Å². The summed E-state index contributed by atoms with van der Waals surface area (Å²) in [6, 6.07) is 0. The van der Waals surface area contributed by atoms with Crippen molar-refractivity contribution in [1.29, 1.82) is 0 Å². The Hall–Kier alpha value is -1.12. The van der Waals surface area contributed by atoms with E-state index in [0.717, 1.165) is 6.33 Å². The summed E-state index contributed by atoms with van der Waals surface area (Å²) in [7, 11) is 0. The van der Waals surface area contributed by atoms with Crippen molar-refractivity contribution in [3.05, 3.63) is 20.3 Å². The van der Waals surface area contributed by atoms with Crippen molar-refractivity contribution in [1.82, 2.24) is 9.97 Å². The number of H-pyrrole nitrogens is 1. The standard InChI is InChI=1S/C6H5IN2O4/c7-4-5(12)8-2-9-6(4)13-1-3(10)11/h2H,1H2,(H,10,11)(H,8,9,12). The van der Waals surface area contributed by atoms with Crippen LogP contribution in [0.2, 0.25) is 0 Å². The van der Waals surface area contributed by atoms with E-state index in [2.05, 4.69) is 9.97 Å².